The standard InChI is InChI=1S/C27H24N4O2/c1-5-6-21-16-20(13-14-27(3,4)32)15-18(2)25(21)33-24-12-11-23(29)26(31-24)30-22-9-7-19(17-28)8-10-22/h7-12,15-16,32H,29H2,1-4H3,(H,30,31). The van der Waals surface area contributed by atoms with Gasteiger partial charge in [0, 0.05) is 17.3 Å². The summed E-state index contributed by atoms with van der Waals surface area (Å²) in [5.41, 5.74) is 8.99. The van der Waals surface area contributed by atoms with Crippen LogP contribution < -0.4 is 15.8 Å². The van der Waals surface area contributed by atoms with E-state index in [2.05, 4.69) is 40.1 Å². The van der Waals surface area contributed by atoms with Crippen molar-refractivity contribution in [3.63, 3.8) is 0 Å². The van der Waals surface area contributed by atoms with E-state index in [1.165, 1.54) is 0 Å². The van der Waals surface area contributed by atoms with Crippen LogP contribution in [-0.4, -0.2) is 15.7 Å². The quantitative estimate of drug-likeness (QED) is 0.504. The minimum atomic E-state index is -1.09. The number of nitriles is 1. The van der Waals surface area contributed by atoms with E-state index in [1.807, 2.05) is 19.1 Å². The summed E-state index contributed by atoms with van der Waals surface area (Å²) in [7, 11) is 0. The molecule has 2 aromatic carbocycles. The lowest BCUT2D eigenvalue weighted by molar-refractivity contribution is 0.143. The maximum atomic E-state index is 9.89. The molecule has 0 spiro atoms. The molecule has 0 amide bonds. The number of ether oxygens (including phenoxy) is 1. The van der Waals surface area contributed by atoms with E-state index in [1.54, 1.807) is 57.2 Å². The molecule has 0 aliphatic carbocycles. The number of pyridine rings is 1. The van der Waals surface area contributed by atoms with Crippen molar-refractivity contribution in [2.24, 2.45) is 0 Å². The lowest BCUT2D eigenvalue weighted by Crippen LogP contribution is -2.14. The number of nitrogens with one attached hydrogen (secondary N) is 1. The molecular formula is C27H24N4O2. The molecular weight excluding hydrogens is 412 g/mol. The van der Waals surface area contributed by atoms with Gasteiger partial charge in [-0.2, -0.15) is 10.2 Å². The van der Waals surface area contributed by atoms with E-state index in [0.717, 1.165) is 16.8 Å². The molecule has 0 saturated carbocycles. The Kier molecular flexibility index (Phi) is 6.89. The van der Waals surface area contributed by atoms with Gasteiger partial charge in [0.1, 0.15) is 11.4 Å². The largest absolute Gasteiger partial charge is 0.437 e. The molecule has 0 unspecified atom stereocenters. The summed E-state index contributed by atoms with van der Waals surface area (Å²) >= 11 is 0. The third-order valence-corrected chi connectivity index (χ3v) is 4.43. The van der Waals surface area contributed by atoms with E-state index >= 15 is 0 Å². The molecule has 4 N–H and O–H groups in total. The molecule has 0 aliphatic rings. The van der Waals surface area contributed by atoms with Gasteiger partial charge in [-0.1, -0.05) is 17.8 Å². The van der Waals surface area contributed by atoms with Gasteiger partial charge < -0.3 is 20.9 Å². The van der Waals surface area contributed by atoms with Gasteiger partial charge in [-0.05, 0) is 75.7 Å². The van der Waals surface area contributed by atoms with Crippen molar-refractivity contribution in [2.75, 3.05) is 11.1 Å². The van der Waals surface area contributed by atoms with Gasteiger partial charge in [-0.25, -0.2) is 0 Å². The summed E-state index contributed by atoms with van der Waals surface area (Å²) in [6.45, 7) is 6.91. The highest BCUT2D eigenvalue weighted by Crippen LogP contribution is 2.31. The number of benzene rings is 2. The normalized spacial score (nSPS) is 10.2. The molecule has 1 heterocycles. The number of hydrogen-bond donors (Lipinski definition) is 3. The van der Waals surface area contributed by atoms with Crippen molar-refractivity contribution in [2.45, 2.75) is 33.3 Å². The molecule has 3 aromatic rings. The van der Waals surface area contributed by atoms with Gasteiger partial charge in [0.25, 0.3) is 0 Å². The Balaban J connectivity index is 1.93. The van der Waals surface area contributed by atoms with E-state index in [-0.39, 0.29) is 0 Å². The number of anilines is 3. The average Bonchev–Trinajstić information content (AvgIpc) is 2.77. The van der Waals surface area contributed by atoms with Crippen LogP contribution in [0, 0.1) is 41.9 Å². The summed E-state index contributed by atoms with van der Waals surface area (Å²) in [6, 6.07) is 16.2. The molecule has 3 rings (SSSR count). The number of aliphatic hydroxyl groups is 1. The second-order valence-corrected chi connectivity index (χ2v) is 7.86. The van der Waals surface area contributed by atoms with Gasteiger partial charge in [-0.3, -0.25) is 0 Å². The van der Waals surface area contributed by atoms with Crippen LogP contribution in [0.25, 0.3) is 0 Å². The van der Waals surface area contributed by atoms with Crippen LogP contribution >= 0.6 is 0 Å². The fraction of sp³-hybridized carbons (Fsp3) is 0.185. The maximum Gasteiger partial charge on any atom is 0.221 e. The lowest BCUT2D eigenvalue weighted by atomic mass is 10.0. The Bertz CT molecular complexity index is 1340. The molecule has 6 nitrogen and oxygen atoms in total. The predicted octanol–water partition coefficient (Wildman–Crippen LogP) is 4.87. The highest BCUT2D eigenvalue weighted by Gasteiger charge is 2.13. The van der Waals surface area contributed by atoms with E-state index in [9.17, 15) is 5.11 Å². The third kappa shape index (κ3) is 6.28. The van der Waals surface area contributed by atoms with Crippen LogP contribution in [0.4, 0.5) is 17.2 Å². The highest BCUT2D eigenvalue weighted by molar-refractivity contribution is 5.69. The number of hydrogen-bond acceptors (Lipinski definition) is 6. The first-order chi connectivity index (χ1) is 15.7. The third-order valence-electron chi connectivity index (χ3n) is 4.43. The molecule has 0 atom stereocenters. The second-order valence-electron chi connectivity index (χ2n) is 7.86. The predicted molar refractivity (Wildman–Crippen MR) is 130 cm³/mol. The zero-order valence-corrected chi connectivity index (χ0v) is 18.9. The Labute approximate surface area is 194 Å². The number of rotatable bonds is 4. The summed E-state index contributed by atoms with van der Waals surface area (Å²) in [6.07, 6.45) is 0. The SMILES string of the molecule is CC#Cc1cc(C#CC(C)(C)O)cc(C)c1Oc1ccc(N)c(Nc2ccc(C#N)cc2)n1. The Morgan fingerprint density at radius 3 is 2.42 bits per heavy atom. The summed E-state index contributed by atoms with van der Waals surface area (Å²) < 4.78 is 6.11. The second kappa shape index (κ2) is 9.79. The fourth-order valence-corrected chi connectivity index (χ4v) is 2.91. The summed E-state index contributed by atoms with van der Waals surface area (Å²) in [5.74, 6) is 13.1. The highest BCUT2D eigenvalue weighted by atomic mass is 16.5. The summed E-state index contributed by atoms with van der Waals surface area (Å²) in [4.78, 5) is 4.51. The van der Waals surface area contributed by atoms with Crippen molar-refractivity contribution in [3.05, 3.63) is 70.8 Å². The molecule has 0 bridgehead atoms. The Hall–Kier alpha value is -4.44. The smallest absolute Gasteiger partial charge is 0.221 e. The molecule has 6 heteroatoms. The van der Waals surface area contributed by atoms with E-state index < -0.39 is 5.60 Å². The van der Waals surface area contributed by atoms with Gasteiger partial charge in [0.05, 0.1) is 22.9 Å². The maximum absolute atomic E-state index is 9.89. The van der Waals surface area contributed by atoms with Crippen LogP contribution in [0.1, 0.15) is 43.0 Å². The van der Waals surface area contributed by atoms with Gasteiger partial charge in [0.15, 0.2) is 5.82 Å². The van der Waals surface area contributed by atoms with Crippen LogP contribution in [0.2, 0.25) is 0 Å². The zero-order chi connectivity index (χ0) is 24.0. The van der Waals surface area contributed by atoms with E-state index in [4.69, 9.17) is 15.7 Å². The van der Waals surface area contributed by atoms with Crippen LogP contribution in [0.5, 0.6) is 11.6 Å². The van der Waals surface area contributed by atoms with Gasteiger partial charge in [-0.15, -0.1) is 5.92 Å². The number of aromatic nitrogens is 1. The summed E-state index contributed by atoms with van der Waals surface area (Å²) in [5, 5.41) is 22.0. The average molecular weight is 437 g/mol. The Morgan fingerprint density at radius 1 is 1.06 bits per heavy atom. The van der Waals surface area contributed by atoms with Crippen molar-refractivity contribution >= 4 is 17.2 Å². The molecule has 1 aromatic heterocycles. The molecule has 0 saturated heterocycles. The molecule has 0 fully saturated rings. The first-order valence-electron chi connectivity index (χ1n) is 10.2. The molecule has 164 valence electrons. The lowest BCUT2D eigenvalue weighted by Gasteiger charge is -2.14. The minimum absolute atomic E-state index is 0.345. The van der Waals surface area contributed by atoms with Crippen molar-refractivity contribution in [1.82, 2.24) is 4.98 Å². The van der Waals surface area contributed by atoms with Gasteiger partial charge >= 0.3 is 0 Å². The topological polar surface area (TPSA) is 104 Å². The molecule has 33 heavy (non-hydrogen) atoms. The number of nitrogens with zero attached hydrogens (tertiary/aromatic N) is 2. The number of nitrogen functional groups attached to an aromatic ring is 1. The monoisotopic (exact) mass is 436 g/mol. The van der Waals surface area contributed by atoms with Crippen LogP contribution in [0.3, 0.4) is 0 Å². The Morgan fingerprint density at radius 2 is 1.79 bits per heavy atom. The van der Waals surface area contributed by atoms with E-state index in [0.29, 0.717) is 34.3 Å². The molecule has 0 radical (unpaired) electrons. The van der Waals surface area contributed by atoms with Crippen LogP contribution in [0.15, 0.2) is 48.5 Å². The minimum Gasteiger partial charge on any atom is -0.437 e. The number of nitrogens with two attached hydrogens (primary N) is 1. The first kappa shape index (κ1) is 23.2. The number of aryl methyl sites for hydroxylation is 1. The zero-order valence-electron chi connectivity index (χ0n) is 18.9. The fourth-order valence-electron chi connectivity index (χ4n) is 2.91. The van der Waals surface area contributed by atoms with Crippen molar-refractivity contribution in [1.29, 1.82) is 5.26 Å². The van der Waals surface area contributed by atoms with Crippen LogP contribution in [-0.2, 0) is 0 Å². The molecule has 0 aliphatic heterocycles. The van der Waals surface area contributed by atoms with Crippen molar-refractivity contribution < 1.29 is 9.84 Å². The first-order valence-corrected chi connectivity index (χ1v) is 10.2. The van der Waals surface area contributed by atoms with Gasteiger partial charge in [0.2, 0.25) is 5.88 Å². The van der Waals surface area contributed by atoms with Crippen molar-refractivity contribution in [3.8, 4) is 41.4 Å².